The minimum atomic E-state index is 0.0806. The molecule has 0 fully saturated rings. The maximum atomic E-state index is 4.35. The zero-order valence-electron chi connectivity index (χ0n) is 19.4. The first-order valence-corrected chi connectivity index (χ1v) is 11.6. The first-order valence-electron chi connectivity index (χ1n) is 11.6. The van der Waals surface area contributed by atoms with E-state index in [0.29, 0.717) is 0 Å². The minimum Gasteiger partial charge on any atom is -0.362 e. The monoisotopic (exact) mass is 429 g/mol. The van der Waals surface area contributed by atoms with E-state index < -0.39 is 0 Å². The number of nitrogens with one attached hydrogen (secondary N) is 3. The van der Waals surface area contributed by atoms with Crippen molar-refractivity contribution in [2.75, 3.05) is 6.54 Å². The number of aromatic amines is 1. The van der Waals surface area contributed by atoms with Crippen molar-refractivity contribution in [3.05, 3.63) is 96.2 Å². The van der Waals surface area contributed by atoms with E-state index in [-0.39, 0.29) is 17.6 Å². The molecule has 3 N–H and O–H groups in total. The summed E-state index contributed by atoms with van der Waals surface area (Å²) in [6.07, 6.45) is 8.16. The molecule has 168 valence electrons. The molecule has 0 aliphatic carbocycles. The number of rotatable bonds is 9. The quantitative estimate of drug-likeness (QED) is 0.429. The van der Waals surface area contributed by atoms with E-state index in [4.69, 9.17) is 0 Å². The molecule has 0 spiro atoms. The van der Waals surface area contributed by atoms with Crippen LogP contribution < -0.4 is 10.6 Å². The number of H-pyrrole nitrogens is 1. The van der Waals surface area contributed by atoms with E-state index in [9.17, 15) is 0 Å². The van der Waals surface area contributed by atoms with Gasteiger partial charge in [-0.05, 0) is 29.5 Å². The first-order chi connectivity index (χ1) is 15.5. The van der Waals surface area contributed by atoms with Crippen LogP contribution >= 0.6 is 0 Å². The largest absolute Gasteiger partial charge is 0.362 e. The van der Waals surface area contributed by atoms with Crippen molar-refractivity contribution < 1.29 is 0 Å². The van der Waals surface area contributed by atoms with Crippen LogP contribution in [0.5, 0.6) is 0 Å². The zero-order chi connectivity index (χ0) is 22.4. The fourth-order valence-corrected chi connectivity index (χ4v) is 4.35. The lowest BCUT2D eigenvalue weighted by Crippen LogP contribution is -2.58. The molecule has 2 heterocycles. The molecule has 0 amide bonds. The van der Waals surface area contributed by atoms with Crippen LogP contribution in [0.4, 0.5) is 0 Å². The van der Waals surface area contributed by atoms with Crippen LogP contribution in [-0.2, 0) is 13.0 Å². The van der Waals surface area contributed by atoms with Crippen LogP contribution in [0, 0.1) is 5.41 Å². The van der Waals surface area contributed by atoms with Gasteiger partial charge in [0.25, 0.3) is 0 Å². The summed E-state index contributed by atoms with van der Waals surface area (Å²) in [4.78, 5) is 10.0. The highest BCUT2D eigenvalue weighted by Crippen LogP contribution is 2.30. The molecule has 0 radical (unpaired) electrons. The Hall–Kier alpha value is -3.05. The van der Waals surface area contributed by atoms with Crippen molar-refractivity contribution in [2.45, 2.75) is 52.4 Å². The predicted octanol–water partition coefficient (Wildman–Crippen LogP) is 4.78. The van der Waals surface area contributed by atoms with Crippen molar-refractivity contribution in [1.82, 2.24) is 25.5 Å². The van der Waals surface area contributed by atoms with Gasteiger partial charge in [0.15, 0.2) is 0 Å². The average Bonchev–Trinajstić information content (AvgIpc) is 3.45. The Labute approximate surface area is 192 Å². The maximum Gasteiger partial charge on any atom is 0.115 e. The van der Waals surface area contributed by atoms with E-state index in [1.807, 2.05) is 12.4 Å². The van der Waals surface area contributed by atoms with Crippen LogP contribution in [0.3, 0.4) is 0 Å². The molecule has 5 nitrogen and oxygen atoms in total. The molecule has 5 heteroatoms. The number of aromatic nitrogens is 2. The molecule has 1 aromatic heterocycles. The van der Waals surface area contributed by atoms with Gasteiger partial charge in [-0.3, -0.25) is 0 Å². The highest BCUT2D eigenvalue weighted by atomic mass is 15.3. The third-order valence-corrected chi connectivity index (χ3v) is 6.01. The first kappa shape index (κ1) is 22.2. The van der Waals surface area contributed by atoms with Gasteiger partial charge < -0.3 is 20.5 Å². The van der Waals surface area contributed by atoms with Crippen molar-refractivity contribution in [3.63, 3.8) is 0 Å². The SMILES string of the molecule is CC(C)(C)[C@@H](NCCCc1ncc[nH]1)C1NC(c2ccccc2)=CN1Cc1ccccc1. The molecular weight excluding hydrogens is 394 g/mol. The predicted molar refractivity (Wildman–Crippen MR) is 131 cm³/mol. The maximum absolute atomic E-state index is 4.35. The Kier molecular flexibility index (Phi) is 6.96. The molecule has 3 aromatic rings. The van der Waals surface area contributed by atoms with Gasteiger partial charge in [-0.1, -0.05) is 81.4 Å². The molecule has 0 bridgehead atoms. The lowest BCUT2D eigenvalue weighted by atomic mass is 9.84. The Morgan fingerprint density at radius 3 is 2.41 bits per heavy atom. The molecule has 2 aromatic carbocycles. The van der Waals surface area contributed by atoms with Gasteiger partial charge in [-0.15, -0.1) is 0 Å². The van der Waals surface area contributed by atoms with Gasteiger partial charge in [0, 0.05) is 31.6 Å². The molecule has 0 saturated carbocycles. The Bertz CT molecular complexity index is 974. The normalized spacial score (nSPS) is 17.2. The molecule has 2 atom stereocenters. The number of benzene rings is 2. The molecule has 0 saturated heterocycles. The molecule has 4 rings (SSSR count). The molecule has 1 unspecified atom stereocenters. The van der Waals surface area contributed by atoms with Crippen molar-refractivity contribution in [2.24, 2.45) is 5.41 Å². The third-order valence-electron chi connectivity index (χ3n) is 6.01. The summed E-state index contributed by atoms with van der Waals surface area (Å²) >= 11 is 0. The standard InChI is InChI=1S/C27H35N5/c1-27(2,3)25(30-16-10-15-24-28-17-18-29-24)26-31-23(22-13-8-5-9-14-22)20-32(26)19-21-11-6-4-7-12-21/h4-9,11-14,17-18,20,25-26,30-31H,10,15-16,19H2,1-3H3,(H,28,29)/t25-,26?/m0/s1. The zero-order valence-corrected chi connectivity index (χ0v) is 19.4. The number of nitrogens with zero attached hydrogens (tertiary/aromatic N) is 2. The summed E-state index contributed by atoms with van der Waals surface area (Å²) in [6, 6.07) is 21.6. The summed E-state index contributed by atoms with van der Waals surface area (Å²) in [5.74, 6) is 1.05. The van der Waals surface area contributed by atoms with Crippen LogP contribution in [0.2, 0.25) is 0 Å². The van der Waals surface area contributed by atoms with Crippen LogP contribution in [0.25, 0.3) is 5.70 Å². The van der Waals surface area contributed by atoms with E-state index in [1.165, 1.54) is 16.8 Å². The lowest BCUT2D eigenvalue weighted by molar-refractivity contribution is 0.131. The van der Waals surface area contributed by atoms with Gasteiger partial charge in [-0.25, -0.2) is 4.98 Å². The van der Waals surface area contributed by atoms with Gasteiger partial charge in [-0.2, -0.15) is 0 Å². The summed E-state index contributed by atoms with van der Waals surface area (Å²) in [5.41, 5.74) is 3.80. The summed E-state index contributed by atoms with van der Waals surface area (Å²) < 4.78 is 0. The second-order valence-electron chi connectivity index (χ2n) is 9.59. The van der Waals surface area contributed by atoms with Gasteiger partial charge in [0.05, 0.1) is 11.7 Å². The Balaban J connectivity index is 1.51. The summed E-state index contributed by atoms with van der Waals surface area (Å²) in [7, 11) is 0. The lowest BCUT2D eigenvalue weighted by Gasteiger charge is -2.41. The topological polar surface area (TPSA) is 56.0 Å². The molecule has 1 aliphatic heterocycles. The fourth-order valence-electron chi connectivity index (χ4n) is 4.35. The van der Waals surface area contributed by atoms with E-state index >= 15 is 0 Å². The number of imidazole rings is 1. The van der Waals surface area contributed by atoms with Gasteiger partial charge >= 0.3 is 0 Å². The van der Waals surface area contributed by atoms with Crippen LogP contribution in [-0.4, -0.2) is 33.6 Å². The van der Waals surface area contributed by atoms with E-state index in [1.54, 1.807) is 0 Å². The molecule has 32 heavy (non-hydrogen) atoms. The second-order valence-corrected chi connectivity index (χ2v) is 9.59. The number of hydrogen-bond acceptors (Lipinski definition) is 4. The smallest absolute Gasteiger partial charge is 0.115 e. The van der Waals surface area contributed by atoms with Gasteiger partial charge in [0.1, 0.15) is 12.0 Å². The van der Waals surface area contributed by atoms with Crippen LogP contribution in [0.1, 0.15) is 44.1 Å². The van der Waals surface area contributed by atoms with Crippen molar-refractivity contribution in [1.29, 1.82) is 0 Å². The molecular formula is C27H35N5. The average molecular weight is 430 g/mol. The Morgan fingerprint density at radius 2 is 1.75 bits per heavy atom. The van der Waals surface area contributed by atoms with Crippen molar-refractivity contribution >= 4 is 5.70 Å². The van der Waals surface area contributed by atoms with Crippen LogP contribution in [0.15, 0.2) is 79.3 Å². The van der Waals surface area contributed by atoms with E-state index in [2.05, 4.69) is 113 Å². The van der Waals surface area contributed by atoms with Crippen molar-refractivity contribution in [3.8, 4) is 0 Å². The summed E-state index contributed by atoms with van der Waals surface area (Å²) in [6.45, 7) is 8.77. The molecule has 1 aliphatic rings. The highest BCUT2D eigenvalue weighted by molar-refractivity contribution is 5.65. The third kappa shape index (κ3) is 5.60. The van der Waals surface area contributed by atoms with E-state index in [0.717, 1.165) is 31.8 Å². The second kappa shape index (κ2) is 10.0. The Morgan fingerprint density at radius 1 is 1.03 bits per heavy atom. The minimum absolute atomic E-state index is 0.0806. The number of aryl methyl sites for hydroxylation is 1. The fraction of sp³-hybridized carbons (Fsp3) is 0.370. The highest BCUT2D eigenvalue weighted by Gasteiger charge is 2.38. The number of hydrogen-bond donors (Lipinski definition) is 3. The summed E-state index contributed by atoms with van der Waals surface area (Å²) in [5, 5.41) is 7.72. The van der Waals surface area contributed by atoms with Gasteiger partial charge in [0.2, 0.25) is 0 Å².